The molecule has 0 atom stereocenters. The fraction of sp³-hybridized carbons (Fsp3) is 0. The summed E-state index contributed by atoms with van der Waals surface area (Å²) in [6.07, 6.45) is 0. The molecule has 5 heteroatoms. The Hall–Kier alpha value is 0.240. The first kappa shape index (κ1) is 3.43. The van der Waals surface area contributed by atoms with Crippen molar-refractivity contribution in [2.24, 2.45) is 0 Å². The zero-order valence-electron chi connectivity index (χ0n) is 2.14. The van der Waals surface area contributed by atoms with E-state index < -0.39 is 8.69 Å². The van der Waals surface area contributed by atoms with Crippen LogP contribution in [0.5, 0.6) is 0 Å². The van der Waals surface area contributed by atoms with Gasteiger partial charge in [-0.1, -0.05) is 5.64 Å². The molecule has 1 aliphatic rings. The van der Waals surface area contributed by atoms with E-state index in [-0.39, 0.29) is 0 Å². The Balaban J connectivity index is 2.08. The van der Waals surface area contributed by atoms with Crippen LogP contribution in [-0.2, 0) is 9.25 Å². The molecule has 1 fully saturated rings. The monoisotopic (exact) mass is 97.0 g/mol. The van der Waals surface area contributed by atoms with Crippen molar-refractivity contribution in [1.29, 1.82) is 0 Å². The lowest BCUT2D eigenvalue weighted by Gasteiger charge is -2.13. The highest BCUT2D eigenvalue weighted by Crippen LogP contribution is 2.43. The number of nitrogens with one attached hydrogen (secondary N) is 1. The Labute approximate surface area is 29.0 Å². The van der Waals surface area contributed by atoms with Crippen LogP contribution in [0.2, 0.25) is 0 Å². The molecule has 0 amide bonds. The van der Waals surface area contributed by atoms with Crippen molar-refractivity contribution in [2.45, 2.75) is 0 Å². The Morgan fingerprint density at radius 2 is 2.00 bits per heavy atom. The third-order valence-corrected chi connectivity index (χ3v) is 0.654. The third-order valence-electron chi connectivity index (χ3n) is 0.218. The first-order valence-corrected chi connectivity index (χ1v) is 2.01. The lowest BCUT2D eigenvalue weighted by atomic mass is 13.2. The van der Waals surface area contributed by atoms with Crippen molar-refractivity contribution in [2.75, 3.05) is 0 Å². The van der Waals surface area contributed by atoms with E-state index in [0.29, 0.717) is 0 Å². The summed E-state index contributed by atoms with van der Waals surface area (Å²) >= 11 is 0. The molecule has 0 spiro atoms. The minimum absolute atomic E-state index is 1.81. The van der Waals surface area contributed by atoms with E-state index in [1.54, 1.807) is 0 Å². The molecule has 0 aromatic carbocycles. The number of hydrogen-bond acceptors (Lipinski definition) is 3. The summed E-state index contributed by atoms with van der Waals surface area (Å²) in [5, 5.41) is 0. The SMILES string of the molecule is FP1ONO1. The lowest BCUT2D eigenvalue weighted by Crippen LogP contribution is -2.18. The lowest BCUT2D eigenvalue weighted by molar-refractivity contribution is -0.111. The number of rotatable bonds is 0. The van der Waals surface area contributed by atoms with Crippen molar-refractivity contribution >= 4 is 8.69 Å². The van der Waals surface area contributed by atoms with Crippen LogP contribution < -0.4 is 5.64 Å². The van der Waals surface area contributed by atoms with Crippen LogP contribution in [0.25, 0.3) is 0 Å². The molecule has 0 saturated carbocycles. The fourth-order valence-corrected chi connectivity index (χ4v) is 0.196. The first-order chi connectivity index (χ1) is 2.39. The zero-order valence-corrected chi connectivity index (χ0v) is 3.04. The van der Waals surface area contributed by atoms with E-state index in [0.717, 1.165) is 0 Å². The summed E-state index contributed by atoms with van der Waals surface area (Å²) < 4.78 is 18.8. The smallest absolute Gasteiger partial charge is 0.193 e. The van der Waals surface area contributed by atoms with E-state index in [1.807, 2.05) is 5.64 Å². The first-order valence-electron chi connectivity index (χ1n) is 0.942. The third kappa shape index (κ3) is 0.546. The van der Waals surface area contributed by atoms with Crippen LogP contribution in [0.15, 0.2) is 0 Å². The summed E-state index contributed by atoms with van der Waals surface area (Å²) in [5.74, 6) is 0. The van der Waals surface area contributed by atoms with Crippen LogP contribution in [-0.4, -0.2) is 0 Å². The summed E-state index contributed by atoms with van der Waals surface area (Å²) in [7, 11) is -2.03. The van der Waals surface area contributed by atoms with Crippen molar-refractivity contribution in [3.63, 3.8) is 0 Å². The summed E-state index contributed by atoms with van der Waals surface area (Å²) in [6, 6.07) is 0. The predicted octanol–water partition coefficient (Wildman–Crippen LogP) is 0.649. The average molecular weight is 97.0 g/mol. The second-order valence-corrected chi connectivity index (χ2v) is 1.27. The molecule has 3 nitrogen and oxygen atoms in total. The van der Waals surface area contributed by atoms with Gasteiger partial charge in [-0.3, -0.25) is 0 Å². The maximum Gasteiger partial charge on any atom is 0.414 e. The molecule has 5 heavy (non-hydrogen) atoms. The van der Waals surface area contributed by atoms with Crippen LogP contribution in [0.1, 0.15) is 0 Å². The molecule has 0 unspecified atom stereocenters. The van der Waals surface area contributed by atoms with Crippen molar-refractivity contribution in [3.05, 3.63) is 0 Å². The highest BCUT2D eigenvalue weighted by Gasteiger charge is 2.19. The average Bonchev–Trinajstić information content (AvgIpc) is 1.30. The maximum absolute atomic E-state index is 11.1. The van der Waals surface area contributed by atoms with E-state index in [1.165, 1.54) is 0 Å². The minimum Gasteiger partial charge on any atom is -0.193 e. The number of hydrogen-bond donors (Lipinski definition) is 1. The van der Waals surface area contributed by atoms with E-state index in [2.05, 4.69) is 9.25 Å². The van der Waals surface area contributed by atoms with Gasteiger partial charge in [0.25, 0.3) is 0 Å². The summed E-state index contributed by atoms with van der Waals surface area (Å²) in [4.78, 5) is 0. The van der Waals surface area contributed by atoms with Gasteiger partial charge in [0, 0.05) is 0 Å². The molecule has 0 aliphatic carbocycles. The minimum atomic E-state index is -2.03. The molecule has 0 radical (unpaired) electrons. The van der Waals surface area contributed by atoms with Crippen LogP contribution in [0.3, 0.4) is 0 Å². The van der Waals surface area contributed by atoms with Gasteiger partial charge in [-0.2, -0.15) is 13.4 Å². The molecule has 1 saturated heterocycles. The Bertz CT molecular complexity index is 36.6. The molecule has 0 aromatic rings. The summed E-state index contributed by atoms with van der Waals surface area (Å²) in [5.41, 5.74) is 1.81. The predicted molar refractivity (Wildman–Crippen MR) is 13.3 cm³/mol. The van der Waals surface area contributed by atoms with Crippen molar-refractivity contribution in [3.8, 4) is 0 Å². The summed E-state index contributed by atoms with van der Waals surface area (Å²) in [6.45, 7) is 0. The quantitative estimate of drug-likeness (QED) is 0.450. The zero-order chi connectivity index (χ0) is 3.70. The highest BCUT2D eigenvalue weighted by atomic mass is 31.2. The number of halogens is 1. The second kappa shape index (κ2) is 1.14. The van der Waals surface area contributed by atoms with Crippen molar-refractivity contribution in [1.82, 2.24) is 5.64 Å². The standard InChI is InChI=1S/FHNO2P/c1-5-3-2-4-5/h2H. The van der Waals surface area contributed by atoms with Gasteiger partial charge in [0.15, 0.2) is 0 Å². The van der Waals surface area contributed by atoms with Gasteiger partial charge in [0.2, 0.25) is 0 Å². The van der Waals surface area contributed by atoms with Gasteiger partial charge in [-0.25, -0.2) is 0 Å². The Kier molecular flexibility index (Phi) is 0.784. The highest BCUT2D eigenvalue weighted by molar-refractivity contribution is 7.42. The fourth-order valence-electron chi connectivity index (χ4n) is 0.0654. The normalized spacial score (nSPS) is 25.8. The molecule has 0 bridgehead atoms. The maximum atomic E-state index is 11.1. The molecule has 30 valence electrons. The van der Waals surface area contributed by atoms with Crippen LogP contribution in [0.4, 0.5) is 4.20 Å². The van der Waals surface area contributed by atoms with Gasteiger partial charge in [-0.15, -0.1) is 0 Å². The molecular formula is HFNO2P. The van der Waals surface area contributed by atoms with E-state index >= 15 is 0 Å². The van der Waals surface area contributed by atoms with Gasteiger partial charge in [0.05, 0.1) is 0 Å². The van der Waals surface area contributed by atoms with Crippen LogP contribution in [0, 0.1) is 0 Å². The largest absolute Gasteiger partial charge is 0.414 e. The van der Waals surface area contributed by atoms with Gasteiger partial charge >= 0.3 is 8.69 Å². The van der Waals surface area contributed by atoms with Crippen molar-refractivity contribution < 1.29 is 13.4 Å². The molecule has 1 aliphatic heterocycles. The molecule has 1 heterocycles. The van der Waals surface area contributed by atoms with Crippen LogP contribution >= 0.6 is 8.69 Å². The van der Waals surface area contributed by atoms with Gasteiger partial charge in [0.1, 0.15) is 0 Å². The van der Waals surface area contributed by atoms with E-state index in [4.69, 9.17) is 0 Å². The Morgan fingerprint density at radius 3 is 2.00 bits per heavy atom. The van der Waals surface area contributed by atoms with E-state index in [9.17, 15) is 4.20 Å². The molecule has 0 aromatic heterocycles. The topological polar surface area (TPSA) is 30.5 Å². The Morgan fingerprint density at radius 1 is 1.60 bits per heavy atom. The molecule has 1 N–H and O–H groups in total. The van der Waals surface area contributed by atoms with Gasteiger partial charge < -0.3 is 0 Å². The molecular weight excluding hydrogens is 96.0 g/mol. The second-order valence-electron chi connectivity index (χ2n) is 0.478. The molecule has 1 rings (SSSR count). The van der Waals surface area contributed by atoms with Gasteiger partial charge in [-0.05, 0) is 0 Å².